The number of pyridine rings is 1. The monoisotopic (exact) mass is 347 g/mol. The van der Waals surface area contributed by atoms with Gasteiger partial charge in [-0.05, 0) is 58.8 Å². The lowest BCUT2D eigenvalue weighted by Crippen LogP contribution is -2.08. The summed E-state index contributed by atoms with van der Waals surface area (Å²) in [7, 11) is 0. The van der Waals surface area contributed by atoms with E-state index in [-0.39, 0.29) is 11.1 Å². The zero-order chi connectivity index (χ0) is 12.8. The number of hydrogen-bond acceptors (Lipinski definition) is 1. The Morgan fingerprint density at radius 3 is 2.41 bits per heavy atom. The molecule has 2 rings (SSSR count). The van der Waals surface area contributed by atoms with E-state index in [4.69, 9.17) is 13.8 Å². The normalized spacial score (nSPS) is 12.1. The van der Waals surface area contributed by atoms with Crippen LogP contribution in [0.2, 0.25) is 0 Å². The van der Waals surface area contributed by atoms with E-state index in [1.807, 2.05) is 22.6 Å². The molecule has 0 N–H and O–H groups in total. The number of aromatic nitrogens is 1. The minimum absolute atomic E-state index is 0.191. The molecule has 1 nitrogen and oxygen atoms in total. The van der Waals surface area contributed by atoms with Gasteiger partial charge in [0.2, 0.25) is 0 Å². The molecule has 0 aliphatic rings. The summed E-state index contributed by atoms with van der Waals surface area (Å²) in [6.45, 7) is 11.3. The molecule has 0 fully saturated rings. The fraction of sp³-hybridized carbons (Fsp3) is 0.0833. The first kappa shape index (κ1) is 12.6. The summed E-state index contributed by atoms with van der Waals surface area (Å²) in [4.78, 5) is 3.54. The number of halogens is 4. The molecular formula is C12H5F3IN. The van der Waals surface area contributed by atoms with Crippen molar-refractivity contribution in [1.29, 1.82) is 0 Å². The van der Waals surface area contributed by atoms with Crippen molar-refractivity contribution in [3.63, 3.8) is 0 Å². The van der Waals surface area contributed by atoms with Gasteiger partial charge in [0.15, 0.2) is 0 Å². The van der Waals surface area contributed by atoms with Crippen molar-refractivity contribution in [2.24, 2.45) is 0 Å². The highest BCUT2D eigenvalue weighted by molar-refractivity contribution is 14.1. The van der Waals surface area contributed by atoms with Gasteiger partial charge < -0.3 is 0 Å². The Bertz CT molecular complexity index is 590. The maximum absolute atomic E-state index is 12.5. The fourth-order valence-corrected chi connectivity index (χ4v) is 2.19. The van der Waals surface area contributed by atoms with Gasteiger partial charge in [-0.2, -0.15) is 13.2 Å². The van der Waals surface area contributed by atoms with E-state index in [2.05, 4.69) is 4.98 Å². The third-order valence-electron chi connectivity index (χ3n) is 2.29. The molecule has 5 heteroatoms. The molecule has 2 aromatic rings. The molecule has 86 valence electrons. The van der Waals surface area contributed by atoms with Crippen molar-refractivity contribution in [3.8, 4) is 0 Å². The third kappa shape index (κ3) is 2.25. The highest BCUT2D eigenvalue weighted by Gasteiger charge is 2.32. The molecule has 1 aromatic heterocycles. The average Bonchev–Trinajstić information content (AvgIpc) is 2.24. The first-order valence-electron chi connectivity index (χ1n) is 4.52. The summed E-state index contributed by atoms with van der Waals surface area (Å²) < 4.78 is 38.0. The van der Waals surface area contributed by atoms with E-state index in [0.717, 1.165) is 6.07 Å². The minimum atomic E-state index is -4.46. The van der Waals surface area contributed by atoms with Gasteiger partial charge in [-0.15, -0.1) is 0 Å². The smallest absolute Gasteiger partial charge is 0.243 e. The summed E-state index contributed by atoms with van der Waals surface area (Å²) in [6, 6.07) is 3.63. The maximum atomic E-state index is 12.5. The standard InChI is InChI=1S/C12H5F3IN/c1-6-5-9-8(11(16)7(6)2)3-4-10(17-9)12(13,14)15/h1-5H. The molecule has 0 aliphatic heterocycles. The molecule has 0 aliphatic carbocycles. The highest BCUT2D eigenvalue weighted by Crippen LogP contribution is 2.31. The molecule has 1 aromatic carbocycles. The van der Waals surface area contributed by atoms with E-state index in [9.17, 15) is 13.2 Å². The lowest BCUT2D eigenvalue weighted by atomic mass is 10.1. The first-order valence-corrected chi connectivity index (χ1v) is 5.60. The Labute approximate surface area is 110 Å². The Kier molecular flexibility index (Phi) is 3.05. The second-order valence-corrected chi connectivity index (χ2v) is 4.53. The van der Waals surface area contributed by atoms with Gasteiger partial charge in [-0.1, -0.05) is 0 Å². The highest BCUT2D eigenvalue weighted by atomic mass is 127. The summed E-state index contributed by atoms with van der Waals surface area (Å²) in [5, 5.41) is 0.560. The topological polar surface area (TPSA) is 12.9 Å². The van der Waals surface area contributed by atoms with Crippen LogP contribution in [-0.2, 0) is 6.18 Å². The molecule has 0 saturated carbocycles. The molecule has 0 amide bonds. The third-order valence-corrected chi connectivity index (χ3v) is 3.45. The number of benzene rings is 1. The number of nitrogens with zero attached hydrogens (tertiary/aromatic N) is 1. The van der Waals surface area contributed by atoms with Crippen molar-refractivity contribution in [2.75, 3.05) is 0 Å². The molecule has 0 saturated heterocycles. The average molecular weight is 347 g/mol. The molecule has 4 radical (unpaired) electrons. The molecule has 0 spiro atoms. The Morgan fingerprint density at radius 2 is 1.82 bits per heavy atom. The van der Waals surface area contributed by atoms with Crippen molar-refractivity contribution in [1.82, 2.24) is 4.98 Å². The molecular weight excluding hydrogens is 342 g/mol. The van der Waals surface area contributed by atoms with Gasteiger partial charge in [0.05, 0.1) is 5.52 Å². The molecule has 17 heavy (non-hydrogen) atoms. The number of alkyl halides is 3. The predicted molar refractivity (Wildman–Crippen MR) is 66.3 cm³/mol. The predicted octanol–water partition coefficient (Wildman–Crippen LogP) is 3.98. The zero-order valence-corrected chi connectivity index (χ0v) is 10.5. The van der Waals surface area contributed by atoms with Gasteiger partial charge in [-0.3, -0.25) is 0 Å². The summed E-state index contributed by atoms with van der Waals surface area (Å²) in [5.74, 6) is 0. The SMILES string of the molecule is [CH]c1cc2nc(C(F)(F)F)ccc2c(I)c1[CH]. The summed E-state index contributed by atoms with van der Waals surface area (Å²) >= 11 is 1.93. The van der Waals surface area contributed by atoms with Crippen molar-refractivity contribution >= 4 is 33.5 Å². The van der Waals surface area contributed by atoms with Crippen molar-refractivity contribution in [2.45, 2.75) is 6.18 Å². The van der Waals surface area contributed by atoms with Crippen LogP contribution in [0.5, 0.6) is 0 Å². The van der Waals surface area contributed by atoms with Crippen LogP contribution in [0.1, 0.15) is 16.8 Å². The van der Waals surface area contributed by atoms with E-state index < -0.39 is 11.9 Å². The number of rotatable bonds is 0. The van der Waals surface area contributed by atoms with Crippen LogP contribution in [0.25, 0.3) is 10.9 Å². The zero-order valence-electron chi connectivity index (χ0n) is 8.35. The minimum Gasteiger partial charge on any atom is -0.243 e. The van der Waals surface area contributed by atoms with Crippen LogP contribution in [-0.4, -0.2) is 4.98 Å². The van der Waals surface area contributed by atoms with E-state index in [1.165, 1.54) is 12.1 Å². The Hall–Kier alpha value is -0.850. The van der Waals surface area contributed by atoms with Crippen LogP contribution < -0.4 is 0 Å². The Balaban J connectivity index is 2.76. The van der Waals surface area contributed by atoms with Crippen molar-refractivity contribution in [3.05, 3.63) is 52.4 Å². The van der Waals surface area contributed by atoms with Gasteiger partial charge in [-0.25, -0.2) is 4.98 Å². The number of hydrogen-bond donors (Lipinski definition) is 0. The lowest BCUT2D eigenvalue weighted by Gasteiger charge is -2.10. The Morgan fingerprint density at radius 1 is 1.18 bits per heavy atom. The van der Waals surface area contributed by atoms with E-state index in [1.54, 1.807) is 0 Å². The van der Waals surface area contributed by atoms with Crippen LogP contribution >= 0.6 is 22.6 Å². The van der Waals surface area contributed by atoms with Crippen LogP contribution in [0, 0.1) is 17.4 Å². The lowest BCUT2D eigenvalue weighted by molar-refractivity contribution is -0.140. The van der Waals surface area contributed by atoms with Crippen LogP contribution in [0.15, 0.2) is 18.2 Å². The van der Waals surface area contributed by atoms with Gasteiger partial charge >= 0.3 is 6.18 Å². The van der Waals surface area contributed by atoms with Gasteiger partial charge in [0.1, 0.15) is 5.69 Å². The fourth-order valence-electron chi connectivity index (χ4n) is 1.43. The molecule has 0 bridgehead atoms. The number of fused-ring (bicyclic) bond motifs is 1. The van der Waals surface area contributed by atoms with Gasteiger partial charge in [0.25, 0.3) is 0 Å². The largest absolute Gasteiger partial charge is 0.433 e. The summed E-state index contributed by atoms with van der Waals surface area (Å²) in [5.41, 5.74) is -0.158. The van der Waals surface area contributed by atoms with Crippen molar-refractivity contribution < 1.29 is 13.2 Å². The molecule has 1 heterocycles. The first-order chi connectivity index (χ1) is 7.80. The molecule has 0 unspecified atom stereocenters. The van der Waals surface area contributed by atoms with Crippen LogP contribution in [0.3, 0.4) is 0 Å². The van der Waals surface area contributed by atoms with Crippen LogP contribution in [0.4, 0.5) is 13.2 Å². The maximum Gasteiger partial charge on any atom is 0.433 e. The van der Waals surface area contributed by atoms with E-state index >= 15 is 0 Å². The van der Waals surface area contributed by atoms with E-state index in [0.29, 0.717) is 14.5 Å². The summed E-state index contributed by atoms with van der Waals surface area (Å²) in [6.07, 6.45) is -4.46. The second kappa shape index (κ2) is 4.12. The van der Waals surface area contributed by atoms with Gasteiger partial charge in [0, 0.05) is 15.9 Å². The quantitative estimate of drug-likeness (QED) is 0.657. The molecule has 0 atom stereocenters. The second-order valence-electron chi connectivity index (χ2n) is 3.45.